The van der Waals surface area contributed by atoms with Gasteiger partial charge in [-0.25, -0.2) is 0 Å². The molecule has 1 aromatic heterocycles. The van der Waals surface area contributed by atoms with Crippen molar-refractivity contribution in [2.75, 3.05) is 37.6 Å². The number of carbonyl (C=O) groups is 1. The standard InChI is InChI=1S/C20H27N5O/c1-23-18-5-4-15(25-8-2-3-9-25)12-16(18)19(22-23)20(26)21-17-13-24-10-6-14(17)7-11-24/h4-5,12,14,17H,2-3,6-11,13H2,1H3,(H,21,26)/t17-/m1/s1. The second-order valence-electron chi connectivity index (χ2n) is 8.09. The van der Waals surface area contributed by atoms with Crippen LogP contribution in [0.5, 0.6) is 0 Å². The van der Waals surface area contributed by atoms with E-state index in [0.29, 0.717) is 11.6 Å². The van der Waals surface area contributed by atoms with Crippen molar-refractivity contribution in [2.24, 2.45) is 13.0 Å². The number of fused-ring (bicyclic) bond motifs is 4. The van der Waals surface area contributed by atoms with Crippen LogP contribution < -0.4 is 10.2 Å². The Balaban J connectivity index is 1.43. The minimum absolute atomic E-state index is 0.0204. The summed E-state index contributed by atoms with van der Waals surface area (Å²) < 4.78 is 1.83. The predicted molar refractivity (Wildman–Crippen MR) is 103 cm³/mol. The number of carbonyl (C=O) groups excluding carboxylic acids is 1. The highest BCUT2D eigenvalue weighted by atomic mass is 16.2. The third-order valence-corrected chi connectivity index (χ3v) is 6.49. The number of hydrogen-bond donors (Lipinski definition) is 1. The van der Waals surface area contributed by atoms with E-state index in [1.807, 2.05) is 11.7 Å². The van der Waals surface area contributed by atoms with Gasteiger partial charge in [0.15, 0.2) is 5.69 Å². The summed E-state index contributed by atoms with van der Waals surface area (Å²) in [5.74, 6) is 0.604. The number of nitrogens with one attached hydrogen (secondary N) is 1. The van der Waals surface area contributed by atoms with Gasteiger partial charge in [0.25, 0.3) is 5.91 Å². The fraction of sp³-hybridized carbons (Fsp3) is 0.600. The lowest BCUT2D eigenvalue weighted by molar-refractivity contribution is 0.0618. The summed E-state index contributed by atoms with van der Waals surface area (Å²) in [4.78, 5) is 17.9. The molecule has 0 radical (unpaired) electrons. The molecule has 1 aromatic carbocycles. The van der Waals surface area contributed by atoms with E-state index < -0.39 is 0 Å². The monoisotopic (exact) mass is 353 g/mol. The van der Waals surface area contributed by atoms with Crippen LogP contribution in [0.1, 0.15) is 36.2 Å². The minimum atomic E-state index is -0.0204. The molecule has 1 N–H and O–H groups in total. The van der Waals surface area contributed by atoms with Crippen LogP contribution in [0.2, 0.25) is 0 Å². The first kappa shape index (κ1) is 16.1. The van der Waals surface area contributed by atoms with Gasteiger partial charge in [-0.2, -0.15) is 5.10 Å². The Labute approximate surface area is 154 Å². The SMILES string of the molecule is Cn1nc(C(=O)N[C@@H]2CN3CCC2CC3)c2cc(N3CCCC3)ccc21. The Kier molecular flexibility index (Phi) is 3.89. The zero-order valence-corrected chi connectivity index (χ0v) is 15.4. The molecule has 4 aliphatic rings. The van der Waals surface area contributed by atoms with Gasteiger partial charge in [0.1, 0.15) is 0 Å². The van der Waals surface area contributed by atoms with Gasteiger partial charge in [-0.05, 0) is 62.9 Å². The number of aromatic nitrogens is 2. The Morgan fingerprint density at radius 1 is 1.15 bits per heavy atom. The van der Waals surface area contributed by atoms with Gasteiger partial charge in [-0.1, -0.05) is 0 Å². The molecular weight excluding hydrogens is 326 g/mol. The van der Waals surface area contributed by atoms with Crippen LogP contribution in [-0.2, 0) is 7.05 Å². The maximum Gasteiger partial charge on any atom is 0.272 e. The highest BCUT2D eigenvalue weighted by molar-refractivity contribution is 6.05. The Morgan fingerprint density at radius 2 is 1.92 bits per heavy atom. The van der Waals surface area contributed by atoms with Crippen LogP contribution in [0.3, 0.4) is 0 Å². The molecule has 26 heavy (non-hydrogen) atoms. The Bertz CT molecular complexity index is 830. The van der Waals surface area contributed by atoms with E-state index in [1.54, 1.807) is 0 Å². The highest BCUT2D eigenvalue weighted by Crippen LogP contribution is 2.29. The molecule has 0 spiro atoms. The van der Waals surface area contributed by atoms with Crippen LogP contribution in [0, 0.1) is 5.92 Å². The van der Waals surface area contributed by atoms with Crippen molar-refractivity contribution in [3.05, 3.63) is 23.9 Å². The summed E-state index contributed by atoms with van der Waals surface area (Å²) in [6.07, 6.45) is 4.90. The summed E-state index contributed by atoms with van der Waals surface area (Å²) >= 11 is 0. The van der Waals surface area contributed by atoms with E-state index in [2.05, 4.69) is 38.4 Å². The summed E-state index contributed by atoms with van der Waals surface area (Å²) in [7, 11) is 1.92. The Hall–Kier alpha value is -2.08. The molecule has 1 atom stereocenters. The van der Waals surface area contributed by atoms with E-state index in [-0.39, 0.29) is 11.9 Å². The van der Waals surface area contributed by atoms with E-state index in [1.165, 1.54) is 44.5 Å². The van der Waals surface area contributed by atoms with Gasteiger partial charge in [0.05, 0.1) is 5.52 Å². The third-order valence-electron chi connectivity index (χ3n) is 6.49. The van der Waals surface area contributed by atoms with Crippen LogP contribution in [0.4, 0.5) is 5.69 Å². The number of piperidine rings is 3. The molecule has 6 heteroatoms. The molecule has 5 heterocycles. The van der Waals surface area contributed by atoms with Gasteiger partial charge >= 0.3 is 0 Å². The molecule has 4 aliphatic heterocycles. The highest BCUT2D eigenvalue weighted by Gasteiger charge is 2.35. The Morgan fingerprint density at radius 3 is 2.62 bits per heavy atom. The van der Waals surface area contributed by atoms with Gasteiger partial charge in [0.2, 0.25) is 0 Å². The third kappa shape index (κ3) is 2.67. The molecule has 0 unspecified atom stereocenters. The van der Waals surface area contributed by atoms with Crippen molar-refractivity contribution in [2.45, 2.75) is 31.7 Å². The number of rotatable bonds is 3. The number of amides is 1. The lowest BCUT2D eigenvalue weighted by atomic mass is 9.84. The molecule has 2 aromatic rings. The van der Waals surface area contributed by atoms with Crippen molar-refractivity contribution < 1.29 is 4.79 Å². The van der Waals surface area contributed by atoms with Crippen LogP contribution in [-0.4, -0.2) is 59.4 Å². The van der Waals surface area contributed by atoms with E-state index in [4.69, 9.17) is 0 Å². The number of nitrogens with zero attached hydrogens (tertiary/aromatic N) is 4. The first-order chi connectivity index (χ1) is 12.7. The predicted octanol–water partition coefficient (Wildman–Crippen LogP) is 2.00. The fourth-order valence-corrected chi connectivity index (χ4v) is 4.96. The minimum Gasteiger partial charge on any atom is -0.372 e. The van der Waals surface area contributed by atoms with Crippen molar-refractivity contribution in [3.63, 3.8) is 0 Å². The quantitative estimate of drug-likeness (QED) is 0.917. The number of anilines is 1. The summed E-state index contributed by atoms with van der Waals surface area (Å²) in [6.45, 7) is 5.56. The van der Waals surface area contributed by atoms with Crippen LogP contribution in [0.15, 0.2) is 18.2 Å². The maximum atomic E-state index is 13.0. The zero-order valence-electron chi connectivity index (χ0n) is 15.4. The second kappa shape index (κ2) is 6.27. The second-order valence-corrected chi connectivity index (χ2v) is 8.09. The molecular formula is C20H27N5O. The first-order valence-corrected chi connectivity index (χ1v) is 9.94. The zero-order chi connectivity index (χ0) is 17.7. The summed E-state index contributed by atoms with van der Waals surface area (Å²) in [5.41, 5.74) is 2.80. The number of benzene rings is 1. The van der Waals surface area contributed by atoms with Gasteiger partial charge < -0.3 is 15.1 Å². The van der Waals surface area contributed by atoms with E-state index in [9.17, 15) is 4.79 Å². The first-order valence-electron chi connectivity index (χ1n) is 9.94. The van der Waals surface area contributed by atoms with Gasteiger partial charge in [-0.3, -0.25) is 9.48 Å². The van der Waals surface area contributed by atoms with Gasteiger partial charge in [0, 0.05) is 43.8 Å². The fourth-order valence-electron chi connectivity index (χ4n) is 4.96. The molecule has 138 valence electrons. The van der Waals surface area contributed by atoms with Crippen LogP contribution in [0.25, 0.3) is 10.9 Å². The summed E-state index contributed by atoms with van der Waals surface area (Å²) in [6, 6.07) is 6.67. The average Bonchev–Trinajstić information content (AvgIpc) is 3.31. The van der Waals surface area contributed by atoms with Crippen molar-refractivity contribution in [3.8, 4) is 0 Å². The summed E-state index contributed by atoms with van der Waals surface area (Å²) in [5, 5.41) is 8.82. The average molecular weight is 353 g/mol. The molecule has 4 saturated heterocycles. The molecule has 4 fully saturated rings. The normalized spacial score (nSPS) is 28.0. The van der Waals surface area contributed by atoms with Crippen molar-refractivity contribution in [1.29, 1.82) is 0 Å². The maximum absolute atomic E-state index is 13.0. The van der Waals surface area contributed by atoms with Crippen molar-refractivity contribution >= 4 is 22.5 Å². The topological polar surface area (TPSA) is 53.4 Å². The molecule has 0 saturated carbocycles. The molecule has 1 amide bonds. The lowest BCUT2D eigenvalue weighted by Crippen LogP contribution is -2.57. The number of aryl methyl sites for hydroxylation is 1. The molecule has 6 rings (SSSR count). The van der Waals surface area contributed by atoms with Gasteiger partial charge in [-0.15, -0.1) is 0 Å². The van der Waals surface area contributed by atoms with Crippen molar-refractivity contribution in [1.82, 2.24) is 20.0 Å². The number of hydrogen-bond acceptors (Lipinski definition) is 4. The molecule has 0 aliphatic carbocycles. The van der Waals surface area contributed by atoms with E-state index >= 15 is 0 Å². The largest absolute Gasteiger partial charge is 0.372 e. The van der Waals surface area contributed by atoms with Crippen LogP contribution >= 0.6 is 0 Å². The molecule has 2 bridgehead atoms. The van der Waals surface area contributed by atoms with E-state index in [0.717, 1.165) is 30.5 Å². The lowest BCUT2D eigenvalue weighted by Gasteiger charge is -2.44. The molecule has 6 nitrogen and oxygen atoms in total. The smallest absolute Gasteiger partial charge is 0.272 e.